The first-order valence-electron chi connectivity index (χ1n) is 7.99. The van der Waals surface area contributed by atoms with Gasteiger partial charge in [0.15, 0.2) is 6.10 Å². The van der Waals surface area contributed by atoms with Crippen LogP contribution in [0.3, 0.4) is 0 Å². The first-order chi connectivity index (χ1) is 12.4. The van der Waals surface area contributed by atoms with Crippen LogP contribution in [0.4, 0.5) is 5.69 Å². The van der Waals surface area contributed by atoms with Crippen molar-refractivity contribution in [2.24, 2.45) is 0 Å². The lowest BCUT2D eigenvalue weighted by Crippen LogP contribution is -2.29. The standard InChI is InChI=1S/C20H20ClNO4/c1-13-4-5-15(12-18(13)21)6-11-19(23)26-14(2)20(24)22-16-7-9-17(25-3)10-8-16/h4-12,14H,1-3H3,(H,22,24)/b11-6+/t14-/m0/s1. The molecule has 0 unspecified atom stereocenters. The molecule has 1 atom stereocenters. The number of anilines is 1. The van der Waals surface area contributed by atoms with Crippen LogP contribution < -0.4 is 10.1 Å². The van der Waals surface area contributed by atoms with Gasteiger partial charge in [-0.05, 0) is 61.4 Å². The molecule has 0 radical (unpaired) electrons. The Morgan fingerprint density at radius 2 is 1.85 bits per heavy atom. The largest absolute Gasteiger partial charge is 0.497 e. The monoisotopic (exact) mass is 373 g/mol. The van der Waals surface area contributed by atoms with Gasteiger partial charge in [-0.1, -0.05) is 23.7 Å². The average Bonchev–Trinajstić information content (AvgIpc) is 2.63. The molecule has 0 aliphatic carbocycles. The van der Waals surface area contributed by atoms with E-state index >= 15 is 0 Å². The van der Waals surface area contributed by atoms with E-state index in [4.69, 9.17) is 21.1 Å². The van der Waals surface area contributed by atoms with Gasteiger partial charge in [0, 0.05) is 16.8 Å². The molecule has 0 heterocycles. The van der Waals surface area contributed by atoms with Crippen molar-refractivity contribution in [3.8, 4) is 5.75 Å². The van der Waals surface area contributed by atoms with Crippen molar-refractivity contribution in [1.29, 1.82) is 0 Å². The Kier molecular flexibility index (Phi) is 6.81. The van der Waals surface area contributed by atoms with Crippen LogP contribution in [-0.2, 0) is 14.3 Å². The molecule has 0 bridgehead atoms. The van der Waals surface area contributed by atoms with Crippen LogP contribution in [0.1, 0.15) is 18.1 Å². The lowest BCUT2D eigenvalue weighted by Gasteiger charge is -2.12. The molecule has 2 rings (SSSR count). The summed E-state index contributed by atoms with van der Waals surface area (Å²) in [5.74, 6) is -0.349. The number of nitrogens with one attached hydrogen (secondary N) is 1. The van der Waals surface area contributed by atoms with Gasteiger partial charge >= 0.3 is 5.97 Å². The summed E-state index contributed by atoms with van der Waals surface area (Å²) in [6.45, 7) is 3.40. The fourth-order valence-corrected chi connectivity index (χ4v) is 2.25. The molecular formula is C20H20ClNO4. The van der Waals surface area contributed by atoms with Crippen LogP contribution in [-0.4, -0.2) is 25.1 Å². The van der Waals surface area contributed by atoms with Crippen molar-refractivity contribution in [2.75, 3.05) is 12.4 Å². The molecule has 1 N–H and O–H groups in total. The fourth-order valence-electron chi connectivity index (χ4n) is 2.06. The minimum atomic E-state index is -0.934. The highest BCUT2D eigenvalue weighted by molar-refractivity contribution is 6.31. The van der Waals surface area contributed by atoms with Gasteiger partial charge in [0.25, 0.3) is 5.91 Å². The minimum absolute atomic E-state index is 0.421. The zero-order valence-electron chi connectivity index (χ0n) is 14.8. The maximum atomic E-state index is 12.1. The molecular weight excluding hydrogens is 354 g/mol. The summed E-state index contributed by atoms with van der Waals surface area (Å²) < 4.78 is 10.2. The van der Waals surface area contributed by atoms with Gasteiger partial charge in [-0.3, -0.25) is 4.79 Å². The Morgan fingerprint density at radius 3 is 2.46 bits per heavy atom. The molecule has 26 heavy (non-hydrogen) atoms. The first kappa shape index (κ1) is 19.5. The van der Waals surface area contributed by atoms with E-state index in [0.717, 1.165) is 11.1 Å². The van der Waals surface area contributed by atoms with Crippen molar-refractivity contribution in [3.63, 3.8) is 0 Å². The number of aryl methyl sites for hydroxylation is 1. The Hall–Kier alpha value is -2.79. The van der Waals surface area contributed by atoms with Crippen molar-refractivity contribution in [1.82, 2.24) is 0 Å². The third kappa shape index (κ3) is 5.63. The second kappa shape index (κ2) is 9.06. The van der Waals surface area contributed by atoms with Gasteiger partial charge in [-0.15, -0.1) is 0 Å². The molecule has 0 aromatic heterocycles. The van der Waals surface area contributed by atoms with E-state index < -0.39 is 18.0 Å². The Labute approximate surface area is 157 Å². The number of rotatable bonds is 6. The summed E-state index contributed by atoms with van der Waals surface area (Å²) in [5, 5.41) is 3.29. The summed E-state index contributed by atoms with van der Waals surface area (Å²) in [6.07, 6.45) is 1.91. The Balaban J connectivity index is 1.89. The summed E-state index contributed by atoms with van der Waals surface area (Å²) in [7, 11) is 1.56. The summed E-state index contributed by atoms with van der Waals surface area (Å²) >= 11 is 6.04. The van der Waals surface area contributed by atoms with Gasteiger partial charge in [0.05, 0.1) is 7.11 Å². The summed E-state index contributed by atoms with van der Waals surface area (Å²) in [5.41, 5.74) is 2.31. The van der Waals surface area contributed by atoms with Crippen LogP contribution in [0.15, 0.2) is 48.5 Å². The summed E-state index contributed by atoms with van der Waals surface area (Å²) in [6, 6.07) is 12.3. The van der Waals surface area contributed by atoms with E-state index in [1.165, 1.54) is 13.0 Å². The van der Waals surface area contributed by atoms with Crippen LogP contribution >= 0.6 is 11.6 Å². The predicted octanol–water partition coefficient (Wildman–Crippen LogP) is 4.24. The van der Waals surface area contributed by atoms with Gasteiger partial charge in [0.1, 0.15) is 5.75 Å². The van der Waals surface area contributed by atoms with Crippen molar-refractivity contribution < 1.29 is 19.1 Å². The molecule has 0 saturated heterocycles. The number of hydrogen-bond acceptors (Lipinski definition) is 4. The number of carbonyl (C=O) groups excluding carboxylic acids is 2. The highest BCUT2D eigenvalue weighted by atomic mass is 35.5. The maximum Gasteiger partial charge on any atom is 0.331 e. The van der Waals surface area contributed by atoms with Gasteiger partial charge in [0.2, 0.25) is 0 Å². The highest BCUT2D eigenvalue weighted by Gasteiger charge is 2.16. The lowest BCUT2D eigenvalue weighted by atomic mass is 10.1. The van der Waals surface area contributed by atoms with Crippen LogP contribution in [0, 0.1) is 6.92 Å². The normalized spacial score (nSPS) is 11.8. The third-order valence-corrected chi connectivity index (χ3v) is 4.03. The molecule has 6 heteroatoms. The van der Waals surface area contributed by atoms with Crippen molar-refractivity contribution in [3.05, 3.63) is 64.7 Å². The Bertz CT molecular complexity index is 815. The molecule has 1 amide bonds. The second-order valence-corrected chi connectivity index (χ2v) is 6.05. The molecule has 0 fully saturated rings. The highest BCUT2D eigenvalue weighted by Crippen LogP contribution is 2.18. The van der Waals surface area contributed by atoms with Gasteiger partial charge in [-0.25, -0.2) is 4.79 Å². The van der Waals surface area contributed by atoms with Crippen molar-refractivity contribution >= 4 is 35.2 Å². The lowest BCUT2D eigenvalue weighted by molar-refractivity contribution is -0.148. The predicted molar refractivity (Wildman–Crippen MR) is 102 cm³/mol. The summed E-state index contributed by atoms with van der Waals surface area (Å²) in [4.78, 5) is 24.0. The first-order valence-corrected chi connectivity index (χ1v) is 8.36. The van der Waals surface area contributed by atoms with Crippen LogP contribution in [0.2, 0.25) is 5.02 Å². The molecule has 0 saturated carbocycles. The molecule has 0 spiro atoms. The topological polar surface area (TPSA) is 64.6 Å². The number of ether oxygens (including phenoxy) is 2. The van der Waals surface area contributed by atoms with E-state index in [0.29, 0.717) is 16.5 Å². The number of carbonyl (C=O) groups is 2. The van der Waals surface area contributed by atoms with E-state index in [1.54, 1.807) is 43.5 Å². The second-order valence-electron chi connectivity index (χ2n) is 5.64. The van der Waals surface area contributed by atoms with Crippen LogP contribution in [0.5, 0.6) is 5.75 Å². The molecule has 0 aliphatic rings. The molecule has 2 aromatic rings. The van der Waals surface area contributed by atoms with Gasteiger partial charge < -0.3 is 14.8 Å². The van der Waals surface area contributed by atoms with E-state index in [2.05, 4.69) is 5.32 Å². The van der Waals surface area contributed by atoms with E-state index in [-0.39, 0.29) is 0 Å². The zero-order valence-corrected chi connectivity index (χ0v) is 15.5. The van der Waals surface area contributed by atoms with Crippen molar-refractivity contribution in [2.45, 2.75) is 20.0 Å². The van der Waals surface area contributed by atoms with Gasteiger partial charge in [-0.2, -0.15) is 0 Å². The SMILES string of the molecule is COc1ccc(NC(=O)[C@H](C)OC(=O)/C=C/c2ccc(C)c(Cl)c2)cc1. The Morgan fingerprint density at radius 1 is 1.15 bits per heavy atom. The number of hydrogen-bond donors (Lipinski definition) is 1. The number of methoxy groups -OCH3 is 1. The third-order valence-electron chi connectivity index (χ3n) is 3.63. The number of esters is 1. The number of amides is 1. The molecule has 5 nitrogen and oxygen atoms in total. The number of benzene rings is 2. The molecule has 136 valence electrons. The van der Waals surface area contributed by atoms with E-state index in [1.807, 2.05) is 19.1 Å². The smallest absolute Gasteiger partial charge is 0.331 e. The average molecular weight is 374 g/mol. The fraction of sp³-hybridized carbons (Fsp3) is 0.200. The quantitative estimate of drug-likeness (QED) is 0.607. The minimum Gasteiger partial charge on any atom is -0.497 e. The maximum absolute atomic E-state index is 12.1. The zero-order chi connectivity index (χ0) is 19.1. The molecule has 0 aliphatic heterocycles. The van der Waals surface area contributed by atoms with Crippen LogP contribution in [0.25, 0.3) is 6.08 Å². The van der Waals surface area contributed by atoms with E-state index in [9.17, 15) is 9.59 Å². The number of halogens is 1. The molecule has 2 aromatic carbocycles.